The summed E-state index contributed by atoms with van der Waals surface area (Å²) in [5.74, 6) is -0.0100. The molecular formula is C29H26N4O. The Morgan fingerprint density at radius 1 is 0.794 bits per heavy atom. The molecular weight excluding hydrogens is 420 g/mol. The molecule has 0 saturated heterocycles. The van der Waals surface area contributed by atoms with Crippen LogP contribution in [-0.2, 0) is 4.79 Å². The van der Waals surface area contributed by atoms with Gasteiger partial charge in [-0.2, -0.15) is 5.10 Å². The minimum atomic E-state index is -0.427. The van der Waals surface area contributed by atoms with Gasteiger partial charge in [0.2, 0.25) is 5.91 Å². The molecule has 1 amide bonds. The topological polar surface area (TPSA) is 61.0 Å². The average molecular weight is 447 g/mol. The standard InChI is InChI=1S/C29H26N4O/c1-33(2)24-16-13-20(14-17-24)23-15-18-25-26(19-23)31-32-28(25)30-29(34)27(21-9-5-3-6-10-21)22-11-7-4-8-12-22/h3-19,27H,1-2H3,(H2,30,31,32,34). The molecule has 5 rings (SSSR count). The summed E-state index contributed by atoms with van der Waals surface area (Å²) < 4.78 is 0. The molecule has 5 aromatic rings. The molecule has 0 fully saturated rings. The number of carbonyl (C=O) groups is 1. The fourth-order valence-corrected chi connectivity index (χ4v) is 4.22. The number of carbonyl (C=O) groups excluding carboxylic acids is 1. The van der Waals surface area contributed by atoms with Gasteiger partial charge in [-0.3, -0.25) is 9.89 Å². The number of fused-ring (bicyclic) bond motifs is 1. The molecule has 0 aliphatic heterocycles. The van der Waals surface area contributed by atoms with Gasteiger partial charge in [0.1, 0.15) is 0 Å². The Labute approximate surface area is 199 Å². The first-order chi connectivity index (χ1) is 16.6. The summed E-state index contributed by atoms with van der Waals surface area (Å²) in [7, 11) is 4.06. The third kappa shape index (κ3) is 4.28. The van der Waals surface area contributed by atoms with Gasteiger partial charge in [-0.1, -0.05) is 78.9 Å². The van der Waals surface area contributed by atoms with Crippen molar-refractivity contribution in [2.24, 2.45) is 0 Å². The van der Waals surface area contributed by atoms with Crippen LogP contribution in [0.15, 0.2) is 103 Å². The molecule has 34 heavy (non-hydrogen) atoms. The molecule has 5 nitrogen and oxygen atoms in total. The second-order valence-corrected chi connectivity index (χ2v) is 8.52. The summed E-state index contributed by atoms with van der Waals surface area (Å²) >= 11 is 0. The lowest BCUT2D eigenvalue weighted by Crippen LogP contribution is -2.22. The molecule has 2 N–H and O–H groups in total. The molecule has 5 heteroatoms. The SMILES string of the molecule is CN(C)c1ccc(-c2ccc3c(NC(=O)C(c4ccccc4)c4ccccc4)n[nH]c3c2)cc1. The van der Waals surface area contributed by atoms with Gasteiger partial charge in [0.25, 0.3) is 0 Å². The summed E-state index contributed by atoms with van der Waals surface area (Å²) in [4.78, 5) is 15.5. The van der Waals surface area contributed by atoms with E-state index in [1.165, 1.54) is 0 Å². The molecule has 0 radical (unpaired) electrons. The van der Waals surface area contributed by atoms with Crippen LogP contribution in [0, 0.1) is 0 Å². The molecule has 1 heterocycles. The van der Waals surface area contributed by atoms with Crippen LogP contribution >= 0.6 is 0 Å². The van der Waals surface area contributed by atoms with Crippen molar-refractivity contribution in [2.75, 3.05) is 24.3 Å². The van der Waals surface area contributed by atoms with Crippen molar-refractivity contribution in [2.45, 2.75) is 5.92 Å². The largest absolute Gasteiger partial charge is 0.378 e. The van der Waals surface area contributed by atoms with E-state index in [4.69, 9.17) is 0 Å². The number of aromatic nitrogens is 2. The van der Waals surface area contributed by atoms with Crippen molar-refractivity contribution >= 4 is 28.3 Å². The first-order valence-corrected chi connectivity index (χ1v) is 11.3. The zero-order valence-electron chi connectivity index (χ0n) is 19.2. The lowest BCUT2D eigenvalue weighted by Gasteiger charge is -2.17. The van der Waals surface area contributed by atoms with Gasteiger partial charge in [-0.05, 0) is 46.5 Å². The zero-order valence-corrected chi connectivity index (χ0v) is 19.2. The Morgan fingerprint density at radius 2 is 1.38 bits per heavy atom. The lowest BCUT2D eigenvalue weighted by atomic mass is 9.90. The number of benzene rings is 4. The second kappa shape index (κ2) is 9.24. The van der Waals surface area contributed by atoms with Crippen molar-refractivity contribution in [3.63, 3.8) is 0 Å². The number of hydrogen-bond donors (Lipinski definition) is 2. The van der Waals surface area contributed by atoms with Gasteiger partial charge in [0.15, 0.2) is 5.82 Å². The first-order valence-electron chi connectivity index (χ1n) is 11.3. The Kier molecular flexibility index (Phi) is 5.83. The van der Waals surface area contributed by atoms with Crippen LogP contribution in [-0.4, -0.2) is 30.2 Å². The maximum Gasteiger partial charge on any atom is 0.237 e. The van der Waals surface area contributed by atoms with Crippen LogP contribution < -0.4 is 10.2 Å². The average Bonchev–Trinajstić information content (AvgIpc) is 3.27. The number of anilines is 2. The summed E-state index contributed by atoms with van der Waals surface area (Å²) in [6.07, 6.45) is 0. The smallest absolute Gasteiger partial charge is 0.237 e. The lowest BCUT2D eigenvalue weighted by molar-refractivity contribution is -0.116. The molecule has 0 aliphatic rings. The summed E-state index contributed by atoms with van der Waals surface area (Å²) in [5, 5.41) is 11.4. The van der Waals surface area contributed by atoms with Crippen molar-refractivity contribution in [1.82, 2.24) is 10.2 Å². The van der Waals surface area contributed by atoms with Gasteiger partial charge in [-0.15, -0.1) is 0 Å². The van der Waals surface area contributed by atoms with Crippen molar-refractivity contribution < 1.29 is 4.79 Å². The van der Waals surface area contributed by atoms with Crippen LogP contribution in [0.3, 0.4) is 0 Å². The van der Waals surface area contributed by atoms with Gasteiger partial charge in [-0.25, -0.2) is 0 Å². The van der Waals surface area contributed by atoms with Crippen LogP contribution in [0.25, 0.3) is 22.0 Å². The molecule has 0 aliphatic carbocycles. The number of aromatic amines is 1. The Morgan fingerprint density at radius 3 is 1.97 bits per heavy atom. The molecule has 1 aromatic heterocycles. The molecule has 0 atom stereocenters. The van der Waals surface area contributed by atoms with Crippen LogP contribution in [0.4, 0.5) is 11.5 Å². The predicted molar refractivity (Wildman–Crippen MR) is 139 cm³/mol. The molecule has 168 valence electrons. The third-order valence-corrected chi connectivity index (χ3v) is 6.05. The van der Waals surface area contributed by atoms with Crippen LogP contribution in [0.1, 0.15) is 17.0 Å². The van der Waals surface area contributed by atoms with E-state index < -0.39 is 5.92 Å². The Hall–Kier alpha value is -4.38. The highest BCUT2D eigenvalue weighted by Crippen LogP contribution is 2.30. The van der Waals surface area contributed by atoms with E-state index in [-0.39, 0.29) is 5.91 Å². The van der Waals surface area contributed by atoms with E-state index in [0.29, 0.717) is 5.82 Å². The molecule has 0 spiro atoms. The summed E-state index contributed by atoms with van der Waals surface area (Å²) in [6.45, 7) is 0. The highest BCUT2D eigenvalue weighted by atomic mass is 16.2. The van der Waals surface area contributed by atoms with E-state index in [0.717, 1.165) is 38.8 Å². The van der Waals surface area contributed by atoms with E-state index in [9.17, 15) is 4.79 Å². The maximum atomic E-state index is 13.5. The second-order valence-electron chi connectivity index (χ2n) is 8.52. The highest BCUT2D eigenvalue weighted by molar-refractivity contribution is 6.04. The molecule has 4 aromatic carbocycles. The van der Waals surface area contributed by atoms with Gasteiger partial charge < -0.3 is 10.2 Å². The predicted octanol–water partition coefficient (Wildman–Crippen LogP) is 6.07. The van der Waals surface area contributed by atoms with Crippen molar-refractivity contribution in [3.8, 4) is 11.1 Å². The van der Waals surface area contributed by atoms with Gasteiger partial charge >= 0.3 is 0 Å². The fourth-order valence-electron chi connectivity index (χ4n) is 4.22. The number of hydrogen-bond acceptors (Lipinski definition) is 3. The third-order valence-electron chi connectivity index (χ3n) is 6.05. The first kappa shape index (κ1) is 21.5. The Bertz CT molecular complexity index is 1370. The van der Waals surface area contributed by atoms with Crippen molar-refractivity contribution in [3.05, 3.63) is 114 Å². The number of nitrogens with one attached hydrogen (secondary N) is 2. The summed E-state index contributed by atoms with van der Waals surface area (Å²) in [5.41, 5.74) is 6.12. The maximum absolute atomic E-state index is 13.5. The normalized spacial score (nSPS) is 11.0. The highest BCUT2D eigenvalue weighted by Gasteiger charge is 2.24. The Balaban J connectivity index is 1.43. The van der Waals surface area contributed by atoms with Crippen LogP contribution in [0.2, 0.25) is 0 Å². The van der Waals surface area contributed by atoms with E-state index in [1.54, 1.807) is 0 Å². The minimum absolute atomic E-state index is 0.117. The van der Waals surface area contributed by atoms with E-state index >= 15 is 0 Å². The minimum Gasteiger partial charge on any atom is -0.378 e. The van der Waals surface area contributed by atoms with Crippen molar-refractivity contribution in [1.29, 1.82) is 0 Å². The van der Waals surface area contributed by atoms with E-state index in [1.807, 2.05) is 80.8 Å². The molecule has 0 unspecified atom stereocenters. The van der Waals surface area contributed by atoms with Crippen LogP contribution in [0.5, 0.6) is 0 Å². The number of nitrogens with zero attached hydrogens (tertiary/aromatic N) is 2. The number of H-pyrrole nitrogens is 1. The molecule has 0 bridgehead atoms. The van der Waals surface area contributed by atoms with Gasteiger partial charge in [0, 0.05) is 25.2 Å². The quantitative estimate of drug-likeness (QED) is 0.333. The van der Waals surface area contributed by atoms with Gasteiger partial charge in [0.05, 0.1) is 11.4 Å². The summed E-state index contributed by atoms with van der Waals surface area (Å²) in [6, 6.07) is 34.2. The monoisotopic (exact) mass is 446 g/mol. The molecule has 0 saturated carbocycles. The fraction of sp³-hybridized carbons (Fsp3) is 0.103. The number of amides is 1. The number of rotatable bonds is 6. The van der Waals surface area contributed by atoms with E-state index in [2.05, 4.69) is 56.8 Å². The zero-order chi connectivity index (χ0) is 23.5.